The molecule has 0 saturated carbocycles. The molecule has 0 unspecified atom stereocenters. The molecule has 1 aliphatic carbocycles. The van der Waals surface area contributed by atoms with Crippen molar-refractivity contribution in [1.82, 2.24) is 20.0 Å². The third kappa shape index (κ3) is 4.10. The summed E-state index contributed by atoms with van der Waals surface area (Å²) in [6.07, 6.45) is 2.55. The van der Waals surface area contributed by atoms with Crippen molar-refractivity contribution in [3.8, 4) is 33.0 Å². The van der Waals surface area contributed by atoms with Crippen molar-refractivity contribution < 1.29 is 5.41 Å². The first-order valence-electron chi connectivity index (χ1n) is 12.2. The molecule has 2 aromatic heterocycles. The molecule has 6 rings (SSSR count). The molecule has 3 heterocycles. The Labute approximate surface area is 210 Å². The number of benzene rings is 2. The number of nitrogens with two attached hydrogens (primary N) is 1. The maximum absolute atomic E-state index is 5.76. The van der Waals surface area contributed by atoms with E-state index in [2.05, 4.69) is 69.7 Å². The van der Waals surface area contributed by atoms with Gasteiger partial charge in [0.05, 0.1) is 17.0 Å². The average Bonchev–Trinajstić information content (AvgIpc) is 3.57. The molecule has 35 heavy (non-hydrogen) atoms. The van der Waals surface area contributed by atoms with Crippen LogP contribution in [0.5, 0.6) is 0 Å². The van der Waals surface area contributed by atoms with E-state index in [1.807, 2.05) is 24.5 Å². The van der Waals surface area contributed by atoms with E-state index in [0.717, 1.165) is 67.3 Å². The van der Waals surface area contributed by atoms with E-state index in [9.17, 15) is 0 Å². The van der Waals surface area contributed by atoms with Gasteiger partial charge in [-0.2, -0.15) is 5.10 Å². The van der Waals surface area contributed by atoms with Crippen molar-refractivity contribution in [3.63, 3.8) is 0 Å². The number of nitrogens with one attached hydrogen (secondary N) is 2. The standard InChI is InChI=1S/C28H30N6S/c1-30-24-13-20(7-8-21(24)16-29)27-23-15-26-22(28(23)32-31-27)14-25(35-26)19-5-3-18(4-6-19)17-34-11-9-33(2)10-12-34/h3-8,13-14,16,29-30H,9-12,15,17H2,1-2H3,(H,31,32)/p+1. The van der Waals surface area contributed by atoms with Gasteiger partial charge in [0.2, 0.25) is 0 Å². The summed E-state index contributed by atoms with van der Waals surface area (Å²) in [5.74, 6) is 0. The Morgan fingerprint density at radius 1 is 1.06 bits per heavy atom. The summed E-state index contributed by atoms with van der Waals surface area (Å²) in [5.41, 5.74) is 10.5. The van der Waals surface area contributed by atoms with Crippen molar-refractivity contribution in [2.75, 3.05) is 45.6 Å². The minimum Gasteiger partial charge on any atom is -0.387 e. The Hall–Kier alpha value is -3.26. The van der Waals surface area contributed by atoms with Crippen LogP contribution in [-0.2, 0) is 13.0 Å². The number of anilines is 1. The van der Waals surface area contributed by atoms with Crippen LogP contribution < -0.4 is 10.7 Å². The lowest BCUT2D eigenvalue weighted by Gasteiger charge is -2.32. The van der Waals surface area contributed by atoms with Crippen LogP contribution in [0.15, 0.2) is 48.5 Å². The minimum absolute atomic E-state index is 0.919. The van der Waals surface area contributed by atoms with Crippen LogP contribution in [0.25, 0.3) is 33.0 Å². The number of rotatable bonds is 6. The maximum Gasteiger partial charge on any atom is 0.169 e. The van der Waals surface area contributed by atoms with Gasteiger partial charge >= 0.3 is 0 Å². The third-order valence-electron chi connectivity index (χ3n) is 7.30. The Morgan fingerprint density at radius 3 is 2.57 bits per heavy atom. The van der Waals surface area contributed by atoms with Crippen molar-refractivity contribution in [2.24, 2.45) is 0 Å². The van der Waals surface area contributed by atoms with E-state index in [-0.39, 0.29) is 0 Å². The smallest absolute Gasteiger partial charge is 0.169 e. The van der Waals surface area contributed by atoms with Gasteiger partial charge in [-0.25, -0.2) is 0 Å². The highest BCUT2D eigenvalue weighted by molar-refractivity contribution is 7.16. The number of H-pyrrole nitrogens is 1. The molecule has 7 heteroatoms. The lowest BCUT2D eigenvalue weighted by Crippen LogP contribution is -2.43. The summed E-state index contributed by atoms with van der Waals surface area (Å²) < 4.78 is 0. The number of nitrogens with zero attached hydrogens (tertiary/aromatic N) is 3. The first-order valence-corrected chi connectivity index (χ1v) is 13.0. The summed E-state index contributed by atoms with van der Waals surface area (Å²) in [6.45, 7) is 5.65. The number of piperazine rings is 1. The maximum atomic E-state index is 5.76. The van der Waals surface area contributed by atoms with Crippen LogP contribution in [-0.4, -0.2) is 66.5 Å². The molecular formula is C28H31N6S+. The van der Waals surface area contributed by atoms with E-state index in [1.165, 1.54) is 32.0 Å². The Bertz CT molecular complexity index is 1380. The molecule has 4 aromatic rings. The molecule has 2 aliphatic rings. The fourth-order valence-electron chi connectivity index (χ4n) is 5.18. The Balaban J connectivity index is 1.22. The van der Waals surface area contributed by atoms with Crippen LogP contribution in [0.1, 0.15) is 21.6 Å². The molecule has 1 fully saturated rings. The largest absolute Gasteiger partial charge is 0.387 e. The van der Waals surface area contributed by atoms with Gasteiger partial charge in [0.1, 0.15) is 0 Å². The average molecular weight is 484 g/mol. The van der Waals surface area contributed by atoms with E-state index < -0.39 is 0 Å². The van der Waals surface area contributed by atoms with Gasteiger partial charge in [-0.05, 0) is 36.4 Å². The van der Waals surface area contributed by atoms with E-state index in [4.69, 9.17) is 10.5 Å². The van der Waals surface area contributed by atoms with Gasteiger partial charge in [0.25, 0.3) is 0 Å². The topological polar surface area (TPSA) is 72.8 Å². The van der Waals surface area contributed by atoms with E-state index in [0.29, 0.717) is 0 Å². The number of hydrogen-bond donors (Lipinski definition) is 3. The summed E-state index contributed by atoms with van der Waals surface area (Å²) in [7, 11) is 4.12. The second-order valence-corrected chi connectivity index (χ2v) is 10.7. The number of thiophene rings is 1. The lowest BCUT2D eigenvalue weighted by atomic mass is 10.0. The Morgan fingerprint density at radius 2 is 1.83 bits per heavy atom. The van der Waals surface area contributed by atoms with E-state index in [1.54, 1.807) is 6.21 Å². The highest BCUT2D eigenvalue weighted by atomic mass is 32.1. The van der Waals surface area contributed by atoms with Crippen molar-refractivity contribution in [2.45, 2.75) is 13.0 Å². The van der Waals surface area contributed by atoms with Crippen LogP contribution in [0.2, 0.25) is 0 Å². The molecule has 0 spiro atoms. The summed E-state index contributed by atoms with van der Waals surface area (Å²) in [5, 5.41) is 17.0. The molecule has 0 bridgehead atoms. The molecule has 6 nitrogen and oxygen atoms in total. The van der Waals surface area contributed by atoms with Gasteiger partial charge in [0, 0.05) is 78.3 Å². The van der Waals surface area contributed by atoms with Gasteiger partial charge in [-0.15, -0.1) is 11.3 Å². The summed E-state index contributed by atoms with van der Waals surface area (Å²) in [4.78, 5) is 7.68. The highest BCUT2D eigenvalue weighted by Gasteiger charge is 2.28. The highest BCUT2D eigenvalue weighted by Crippen LogP contribution is 2.46. The number of hydrogen-bond acceptors (Lipinski definition) is 5. The van der Waals surface area contributed by atoms with Gasteiger partial charge < -0.3 is 10.2 Å². The predicted molar refractivity (Wildman–Crippen MR) is 145 cm³/mol. The lowest BCUT2D eigenvalue weighted by molar-refractivity contribution is -0.104. The molecule has 4 N–H and O–H groups in total. The predicted octanol–water partition coefficient (Wildman–Crippen LogP) is 3.34. The molecule has 1 aliphatic heterocycles. The second-order valence-electron chi connectivity index (χ2n) is 9.55. The van der Waals surface area contributed by atoms with Crippen LogP contribution in [0, 0.1) is 0 Å². The zero-order chi connectivity index (χ0) is 23.9. The first kappa shape index (κ1) is 22.2. The minimum atomic E-state index is 0.919. The fraction of sp³-hybridized carbons (Fsp3) is 0.286. The number of aromatic nitrogens is 2. The number of fused-ring (bicyclic) bond motifs is 3. The first-order chi connectivity index (χ1) is 17.1. The summed E-state index contributed by atoms with van der Waals surface area (Å²) in [6, 6.07) is 17.7. The zero-order valence-electron chi connectivity index (χ0n) is 20.3. The molecular weight excluding hydrogens is 452 g/mol. The molecule has 2 aromatic carbocycles. The van der Waals surface area contributed by atoms with Crippen molar-refractivity contribution in [1.29, 1.82) is 0 Å². The van der Waals surface area contributed by atoms with Gasteiger partial charge in [-0.1, -0.05) is 30.3 Å². The van der Waals surface area contributed by atoms with Crippen molar-refractivity contribution in [3.05, 3.63) is 70.1 Å². The Kier molecular flexibility index (Phi) is 5.76. The quantitative estimate of drug-likeness (QED) is 0.324. The monoisotopic (exact) mass is 483 g/mol. The summed E-state index contributed by atoms with van der Waals surface area (Å²) >= 11 is 1.90. The molecule has 178 valence electrons. The van der Waals surface area contributed by atoms with Crippen LogP contribution in [0.4, 0.5) is 5.69 Å². The third-order valence-corrected chi connectivity index (χ3v) is 8.48. The molecule has 0 radical (unpaired) electrons. The zero-order valence-corrected chi connectivity index (χ0v) is 21.1. The molecule has 0 amide bonds. The SMILES string of the molecule is CNc1cc(-c2n[nH]c3c2Cc2sc(-c4ccc(CN5CCN(C)CC5)cc4)cc2-3)ccc1C=[NH2+]. The van der Waals surface area contributed by atoms with E-state index >= 15 is 0 Å². The van der Waals surface area contributed by atoms with Gasteiger partial charge in [-0.3, -0.25) is 15.4 Å². The normalized spacial score (nSPS) is 15.7. The molecule has 1 saturated heterocycles. The van der Waals surface area contributed by atoms with Crippen LogP contribution >= 0.6 is 11.3 Å². The van der Waals surface area contributed by atoms with Crippen LogP contribution in [0.3, 0.4) is 0 Å². The van der Waals surface area contributed by atoms with Crippen molar-refractivity contribution >= 4 is 23.2 Å². The number of likely N-dealkylation sites (N-methyl/N-ethyl adjacent to an activating group) is 1. The molecule has 0 atom stereocenters. The fourth-order valence-corrected chi connectivity index (χ4v) is 6.36. The van der Waals surface area contributed by atoms with Gasteiger partial charge in [0.15, 0.2) is 6.21 Å². The second kappa shape index (κ2) is 9.07. The number of aromatic amines is 1.